The quantitative estimate of drug-likeness (QED) is 0.937. The zero-order valence-electron chi connectivity index (χ0n) is 11.7. The van der Waals surface area contributed by atoms with Gasteiger partial charge in [-0.15, -0.1) is 11.8 Å². The fraction of sp³-hybridized carbons (Fsp3) is 0.294. The minimum Gasteiger partial charge on any atom is -0.454 e. The molecule has 0 saturated carbocycles. The molecule has 1 unspecified atom stereocenters. The number of rotatable bonds is 4. The first-order valence-corrected chi connectivity index (χ1v) is 8.20. The molecule has 0 amide bonds. The lowest BCUT2D eigenvalue weighted by Crippen LogP contribution is -2.21. The lowest BCUT2D eigenvalue weighted by atomic mass is 10.0. The van der Waals surface area contributed by atoms with Gasteiger partial charge in [-0.25, -0.2) is 0 Å². The van der Waals surface area contributed by atoms with Crippen LogP contribution in [0, 0.1) is 0 Å². The summed E-state index contributed by atoms with van der Waals surface area (Å²) >= 11 is 1.96. The van der Waals surface area contributed by atoms with Gasteiger partial charge in [0, 0.05) is 35.2 Å². The van der Waals surface area contributed by atoms with Gasteiger partial charge in [0.05, 0.1) is 0 Å². The number of hydrogen-bond acceptors (Lipinski definition) is 4. The summed E-state index contributed by atoms with van der Waals surface area (Å²) in [5.41, 5.74) is 2.65. The lowest BCUT2D eigenvalue weighted by Gasteiger charge is -2.13. The molecule has 1 atom stereocenters. The van der Waals surface area contributed by atoms with Crippen molar-refractivity contribution in [1.82, 2.24) is 5.32 Å². The highest BCUT2D eigenvalue weighted by molar-refractivity contribution is 7.99. The molecule has 21 heavy (non-hydrogen) atoms. The Kier molecular flexibility index (Phi) is 3.49. The smallest absolute Gasteiger partial charge is 0.231 e. The Morgan fingerprint density at radius 1 is 1.10 bits per heavy atom. The second kappa shape index (κ2) is 5.62. The highest BCUT2D eigenvalue weighted by Crippen LogP contribution is 2.39. The summed E-state index contributed by atoms with van der Waals surface area (Å²) in [7, 11) is 0. The molecule has 0 radical (unpaired) electrons. The topological polar surface area (TPSA) is 30.5 Å². The van der Waals surface area contributed by atoms with Gasteiger partial charge in [-0.2, -0.15) is 0 Å². The SMILES string of the molecule is c1cc(CNCC2CSc3ccccc32)c2c(c1)OCO2. The molecular weight excluding hydrogens is 282 g/mol. The number of hydrogen-bond donors (Lipinski definition) is 1. The summed E-state index contributed by atoms with van der Waals surface area (Å²) in [5, 5.41) is 3.57. The van der Waals surface area contributed by atoms with Crippen LogP contribution >= 0.6 is 11.8 Å². The molecule has 2 aliphatic heterocycles. The summed E-state index contributed by atoms with van der Waals surface area (Å²) in [6.07, 6.45) is 0. The van der Waals surface area contributed by atoms with Crippen LogP contribution in [0.3, 0.4) is 0 Å². The Balaban J connectivity index is 1.40. The van der Waals surface area contributed by atoms with E-state index in [1.54, 1.807) is 0 Å². The molecule has 2 aromatic rings. The van der Waals surface area contributed by atoms with Gasteiger partial charge in [-0.1, -0.05) is 30.3 Å². The van der Waals surface area contributed by atoms with Crippen molar-refractivity contribution in [3.8, 4) is 11.5 Å². The number of benzene rings is 2. The standard InChI is InChI=1S/C17H17NO2S/c1-2-7-16-14(5-1)13(10-21-16)9-18-8-12-4-3-6-15-17(12)20-11-19-15/h1-7,13,18H,8-11H2. The zero-order valence-corrected chi connectivity index (χ0v) is 12.5. The van der Waals surface area contributed by atoms with E-state index in [4.69, 9.17) is 9.47 Å². The Labute approximate surface area is 128 Å². The number of thioether (sulfide) groups is 1. The van der Waals surface area contributed by atoms with Crippen LogP contribution in [-0.4, -0.2) is 19.1 Å². The van der Waals surface area contributed by atoms with Crippen LogP contribution in [0.25, 0.3) is 0 Å². The third-order valence-corrected chi connectivity index (χ3v) is 5.24. The summed E-state index contributed by atoms with van der Waals surface area (Å²) in [6.45, 7) is 2.14. The van der Waals surface area contributed by atoms with E-state index < -0.39 is 0 Å². The molecule has 2 heterocycles. The first kappa shape index (κ1) is 13.0. The molecule has 2 aromatic carbocycles. The van der Waals surface area contributed by atoms with Crippen LogP contribution in [0.5, 0.6) is 11.5 Å². The average molecular weight is 299 g/mol. The molecule has 0 spiro atoms. The van der Waals surface area contributed by atoms with E-state index in [2.05, 4.69) is 35.6 Å². The maximum atomic E-state index is 5.54. The van der Waals surface area contributed by atoms with Crippen molar-refractivity contribution in [2.75, 3.05) is 19.1 Å². The maximum absolute atomic E-state index is 5.54. The van der Waals surface area contributed by atoms with Crippen molar-refractivity contribution in [3.63, 3.8) is 0 Å². The Morgan fingerprint density at radius 3 is 3.05 bits per heavy atom. The highest BCUT2D eigenvalue weighted by atomic mass is 32.2. The normalized spacial score (nSPS) is 18.8. The Hall–Kier alpha value is -1.65. The molecule has 0 fully saturated rings. The number of fused-ring (bicyclic) bond motifs is 2. The highest BCUT2D eigenvalue weighted by Gasteiger charge is 2.22. The molecular formula is C17H17NO2S. The third kappa shape index (κ3) is 2.49. The van der Waals surface area contributed by atoms with E-state index in [9.17, 15) is 0 Å². The summed E-state index contributed by atoms with van der Waals surface area (Å²) in [4.78, 5) is 1.43. The molecule has 0 aliphatic carbocycles. The zero-order chi connectivity index (χ0) is 14.1. The second-order valence-corrected chi connectivity index (χ2v) is 6.39. The number of para-hydroxylation sites is 1. The monoisotopic (exact) mass is 299 g/mol. The molecule has 0 bridgehead atoms. The van der Waals surface area contributed by atoms with Crippen molar-refractivity contribution < 1.29 is 9.47 Å². The molecule has 2 aliphatic rings. The predicted octanol–water partition coefficient (Wildman–Crippen LogP) is 3.39. The largest absolute Gasteiger partial charge is 0.454 e. The first-order chi connectivity index (χ1) is 10.4. The van der Waals surface area contributed by atoms with Gasteiger partial charge in [-0.3, -0.25) is 0 Å². The van der Waals surface area contributed by atoms with Crippen LogP contribution in [-0.2, 0) is 6.54 Å². The fourth-order valence-electron chi connectivity index (χ4n) is 2.91. The predicted molar refractivity (Wildman–Crippen MR) is 84.2 cm³/mol. The van der Waals surface area contributed by atoms with Crippen molar-refractivity contribution in [2.45, 2.75) is 17.4 Å². The van der Waals surface area contributed by atoms with Crippen LogP contribution in [0.15, 0.2) is 47.4 Å². The van der Waals surface area contributed by atoms with Gasteiger partial charge in [-0.05, 0) is 17.7 Å². The second-order valence-electron chi connectivity index (χ2n) is 5.33. The maximum Gasteiger partial charge on any atom is 0.231 e. The Bertz CT molecular complexity index is 659. The molecule has 4 rings (SSSR count). The molecule has 4 heteroatoms. The van der Waals surface area contributed by atoms with Crippen molar-refractivity contribution in [1.29, 1.82) is 0 Å². The van der Waals surface area contributed by atoms with Gasteiger partial charge in [0.1, 0.15) is 0 Å². The summed E-state index contributed by atoms with van der Waals surface area (Å²) < 4.78 is 11.0. The van der Waals surface area contributed by atoms with Crippen molar-refractivity contribution in [3.05, 3.63) is 53.6 Å². The molecule has 0 saturated heterocycles. The van der Waals surface area contributed by atoms with Crippen LogP contribution in [0.2, 0.25) is 0 Å². The minimum atomic E-state index is 0.332. The van der Waals surface area contributed by atoms with Crippen molar-refractivity contribution >= 4 is 11.8 Å². The van der Waals surface area contributed by atoms with Crippen LogP contribution < -0.4 is 14.8 Å². The lowest BCUT2D eigenvalue weighted by molar-refractivity contribution is 0.173. The van der Waals surface area contributed by atoms with Gasteiger partial charge in [0.25, 0.3) is 0 Å². The molecule has 108 valence electrons. The first-order valence-electron chi connectivity index (χ1n) is 7.22. The van der Waals surface area contributed by atoms with E-state index in [1.165, 1.54) is 21.8 Å². The van der Waals surface area contributed by atoms with E-state index in [-0.39, 0.29) is 0 Å². The van der Waals surface area contributed by atoms with E-state index in [1.807, 2.05) is 23.9 Å². The average Bonchev–Trinajstić information content (AvgIpc) is 3.15. The molecule has 0 aromatic heterocycles. The molecule has 3 nitrogen and oxygen atoms in total. The van der Waals surface area contributed by atoms with Crippen LogP contribution in [0.1, 0.15) is 17.0 Å². The summed E-state index contributed by atoms with van der Waals surface area (Å²) in [6, 6.07) is 14.8. The fourth-order valence-corrected chi connectivity index (χ4v) is 4.16. The van der Waals surface area contributed by atoms with E-state index in [0.29, 0.717) is 12.7 Å². The number of nitrogens with one attached hydrogen (secondary N) is 1. The molecule has 1 N–H and O–H groups in total. The van der Waals surface area contributed by atoms with Gasteiger partial charge in [0.2, 0.25) is 6.79 Å². The van der Waals surface area contributed by atoms with Crippen molar-refractivity contribution in [2.24, 2.45) is 0 Å². The number of ether oxygens (including phenoxy) is 2. The third-order valence-electron chi connectivity index (χ3n) is 3.98. The van der Waals surface area contributed by atoms with E-state index >= 15 is 0 Å². The van der Waals surface area contributed by atoms with Gasteiger partial charge < -0.3 is 14.8 Å². The van der Waals surface area contributed by atoms with E-state index in [0.717, 1.165) is 24.6 Å². The Morgan fingerprint density at radius 2 is 2.05 bits per heavy atom. The van der Waals surface area contributed by atoms with Gasteiger partial charge in [0.15, 0.2) is 11.5 Å². The summed E-state index contributed by atoms with van der Waals surface area (Å²) in [5.74, 6) is 3.51. The minimum absolute atomic E-state index is 0.332. The van der Waals surface area contributed by atoms with Gasteiger partial charge >= 0.3 is 0 Å². The van der Waals surface area contributed by atoms with Crippen LogP contribution in [0.4, 0.5) is 0 Å².